The highest BCUT2D eigenvalue weighted by Crippen LogP contribution is 2.25. The maximum atomic E-state index is 11.8. The van der Waals surface area contributed by atoms with E-state index in [9.17, 15) is 14.9 Å². The normalized spacial score (nSPS) is 11.1. The number of rotatable bonds is 5. The monoisotopic (exact) mass is 333 g/mol. The van der Waals surface area contributed by atoms with Crippen molar-refractivity contribution in [2.45, 2.75) is 6.42 Å². The molecule has 2 aromatic rings. The average molecular weight is 334 g/mol. The van der Waals surface area contributed by atoms with Crippen molar-refractivity contribution in [3.63, 3.8) is 0 Å². The van der Waals surface area contributed by atoms with Crippen LogP contribution in [0.4, 0.5) is 5.69 Å². The SMILES string of the molecule is N/C(Cc1ccccc1)=N\OC(=O)c1ccc(Cl)c([N+](=O)[O-])c1. The van der Waals surface area contributed by atoms with Crippen LogP contribution >= 0.6 is 11.6 Å². The van der Waals surface area contributed by atoms with Gasteiger partial charge in [-0.25, -0.2) is 4.79 Å². The summed E-state index contributed by atoms with van der Waals surface area (Å²) >= 11 is 5.67. The number of nitro benzene ring substituents is 1. The molecule has 0 unspecified atom stereocenters. The van der Waals surface area contributed by atoms with Crippen molar-refractivity contribution in [3.8, 4) is 0 Å². The van der Waals surface area contributed by atoms with Gasteiger partial charge in [-0.15, -0.1) is 0 Å². The number of nitrogens with zero attached hydrogens (tertiary/aromatic N) is 2. The fraction of sp³-hybridized carbons (Fsp3) is 0.0667. The molecule has 0 saturated heterocycles. The Kier molecular flexibility index (Phi) is 5.27. The third-order valence-electron chi connectivity index (χ3n) is 2.85. The molecule has 8 heteroatoms. The van der Waals surface area contributed by atoms with Gasteiger partial charge >= 0.3 is 5.97 Å². The first-order valence-electron chi connectivity index (χ1n) is 6.49. The average Bonchev–Trinajstić information content (AvgIpc) is 2.53. The van der Waals surface area contributed by atoms with Gasteiger partial charge < -0.3 is 10.6 Å². The Hall–Kier alpha value is -2.93. The Balaban J connectivity index is 2.06. The van der Waals surface area contributed by atoms with Crippen molar-refractivity contribution < 1.29 is 14.6 Å². The van der Waals surface area contributed by atoms with Crippen molar-refractivity contribution >= 4 is 29.1 Å². The predicted molar refractivity (Wildman–Crippen MR) is 85.3 cm³/mol. The lowest BCUT2D eigenvalue weighted by molar-refractivity contribution is -0.384. The molecule has 2 rings (SSSR count). The number of carbonyl (C=O) groups excluding carboxylic acids is 1. The Bertz CT molecular complexity index is 763. The fourth-order valence-corrected chi connectivity index (χ4v) is 1.96. The van der Waals surface area contributed by atoms with Crippen molar-refractivity contribution in [2.24, 2.45) is 10.9 Å². The number of halogens is 1. The number of hydrogen-bond acceptors (Lipinski definition) is 5. The van der Waals surface area contributed by atoms with Crippen molar-refractivity contribution in [2.75, 3.05) is 0 Å². The molecule has 0 bridgehead atoms. The molecule has 2 N–H and O–H groups in total. The zero-order chi connectivity index (χ0) is 16.8. The van der Waals surface area contributed by atoms with Crippen molar-refractivity contribution in [3.05, 3.63) is 74.8 Å². The van der Waals surface area contributed by atoms with Gasteiger partial charge in [0.05, 0.1) is 10.5 Å². The third-order valence-corrected chi connectivity index (χ3v) is 3.17. The molecule has 23 heavy (non-hydrogen) atoms. The van der Waals surface area contributed by atoms with E-state index >= 15 is 0 Å². The quantitative estimate of drug-likeness (QED) is 0.297. The summed E-state index contributed by atoms with van der Waals surface area (Å²) in [7, 11) is 0. The molecule has 0 amide bonds. The molecule has 0 heterocycles. The van der Waals surface area contributed by atoms with Gasteiger partial charge in [0.25, 0.3) is 5.69 Å². The zero-order valence-electron chi connectivity index (χ0n) is 11.8. The van der Waals surface area contributed by atoms with Crippen LogP contribution in [0.25, 0.3) is 0 Å². The number of hydrogen-bond donors (Lipinski definition) is 1. The van der Waals surface area contributed by atoms with E-state index in [1.165, 1.54) is 12.1 Å². The van der Waals surface area contributed by atoms with E-state index in [1.807, 2.05) is 30.3 Å². The van der Waals surface area contributed by atoms with E-state index in [-0.39, 0.29) is 22.1 Å². The maximum absolute atomic E-state index is 11.8. The summed E-state index contributed by atoms with van der Waals surface area (Å²) < 4.78 is 0. The van der Waals surface area contributed by atoms with Crippen LogP contribution < -0.4 is 5.73 Å². The highest BCUT2D eigenvalue weighted by molar-refractivity contribution is 6.32. The Labute approximate surface area is 136 Å². The Morgan fingerprint density at radius 1 is 1.26 bits per heavy atom. The van der Waals surface area contributed by atoms with Crippen LogP contribution in [0.15, 0.2) is 53.7 Å². The molecule has 0 aliphatic carbocycles. The van der Waals surface area contributed by atoms with Gasteiger partial charge in [-0.2, -0.15) is 0 Å². The number of nitro groups is 1. The molecule has 0 radical (unpaired) electrons. The highest BCUT2D eigenvalue weighted by atomic mass is 35.5. The fourth-order valence-electron chi connectivity index (χ4n) is 1.77. The van der Waals surface area contributed by atoms with Crippen LogP contribution in [-0.2, 0) is 11.3 Å². The van der Waals surface area contributed by atoms with Crippen LogP contribution in [0, 0.1) is 10.1 Å². The first-order valence-corrected chi connectivity index (χ1v) is 6.86. The van der Waals surface area contributed by atoms with Crippen molar-refractivity contribution in [1.82, 2.24) is 0 Å². The number of nitrogens with two attached hydrogens (primary N) is 1. The summed E-state index contributed by atoms with van der Waals surface area (Å²) in [6.07, 6.45) is 0.314. The molecular formula is C15H12ClN3O4. The van der Waals surface area contributed by atoms with Gasteiger partial charge in [-0.3, -0.25) is 10.1 Å². The van der Waals surface area contributed by atoms with E-state index in [2.05, 4.69) is 5.16 Å². The minimum Gasteiger partial charge on any atom is -0.384 e. The zero-order valence-corrected chi connectivity index (χ0v) is 12.6. The maximum Gasteiger partial charge on any atom is 0.366 e. The van der Waals surface area contributed by atoms with Crippen LogP contribution in [0.5, 0.6) is 0 Å². The van der Waals surface area contributed by atoms with Crippen LogP contribution in [-0.4, -0.2) is 16.7 Å². The van der Waals surface area contributed by atoms with E-state index in [0.29, 0.717) is 6.42 Å². The van der Waals surface area contributed by atoms with Gasteiger partial charge in [0, 0.05) is 12.5 Å². The number of benzene rings is 2. The number of amidine groups is 1. The summed E-state index contributed by atoms with van der Waals surface area (Å²) in [6.45, 7) is 0. The standard InChI is InChI=1S/C15H12ClN3O4/c16-12-7-6-11(9-13(12)19(21)22)15(20)23-18-14(17)8-10-4-2-1-3-5-10/h1-7,9H,8H2,(H2,17,18). The summed E-state index contributed by atoms with van der Waals surface area (Å²) in [4.78, 5) is 26.6. The summed E-state index contributed by atoms with van der Waals surface area (Å²) in [5.74, 6) is -0.756. The first kappa shape index (κ1) is 16.4. The molecule has 0 aromatic heterocycles. The van der Waals surface area contributed by atoms with Gasteiger partial charge in [-0.05, 0) is 17.7 Å². The lowest BCUT2D eigenvalue weighted by atomic mass is 10.1. The highest BCUT2D eigenvalue weighted by Gasteiger charge is 2.17. The summed E-state index contributed by atoms with van der Waals surface area (Å²) in [5.41, 5.74) is 6.16. The predicted octanol–water partition coefficient (Wildman–Crippen LogP) is 2.92. The van der Waals surface area contributed by atoms with Gasteiger partial charge in [-0.1, -0.05) is 47.1 Å². The molecule has 118 valence electrons. The Morgan fingerprint density at radius 2 is 1.96 bits per heavy atom. The van der Waals surface area contributed by atoms with Gasteiger partial charge in [0.2, 0.25) is 0 Å². The second kappa shape index (κ2) is 7.37. The Morgan fingerprint density at radius 3 is 2.61 bits per heavy atom. The molecule has 7 nitrogen and oxygen atoms in total. The summed E-state index contributed by atoms with van der Waals surface area (Å²) in [5, 5.41) is 14.3. The number of oxime groups is 1. The van der Waals surface area contributed by atoms with E-state index in [1.54, 1.807) is 0 Å². The van der Waals surface area contributed by atoms with Crippen LogP contribution in [0.1, 0.15) is 15.9 Å². The molecule has 0 atom stereocenters. The molecule has 0 aliphatic heterocycles. The number of carbonyl (C=O) groups is 1. The molecular weight excluding hydrogens is 322 g/mol. The third kappa shape index (κ3) is 4.52. The van der Waals surface area contributed by atoms with Gasteiger partial charge in [0.1, 0.15) is 10.9 Å². The molecule has 0 aliphatic rings. The molecule has 0 saturated carbocycles. The van der Waals surface area contributed by atoms with Gasteiger partial charge in [0.15, 0.2) is 0 Å². The minimum absolute atomic E-state index is 0.0441. The largest absolute Gasteiger partial charge is 0.384 e. The molecule has 0 fully saturated rings. The van der Waals surface area contributed by atoms with Crippen LogP contribution in [0.3, 0.4) is 0 Å². The second-order valence-corrected chi connectivity index (χ2v) is 4.95. The van der Waals surface area contributed by atoms with Crippen molar-refractivity contribution in [1.29, 1.82) is 0 Å². The first-order chi connectivity index (χ1) is 11.0. The van der Waals surface area contributed by atoms with E-state index < -0.39 is 10.9 Å². The van der Waals surface area contributed by atoms with E-state index in [0.717, 1.165) is 11.6 Å². The lowest BCUT2D eigenvalue weighted by Gasteiger charge is -2.02. The summed E-state index contributed by atoms with van der Waals surface area (Å²) in [6, 6.07) is 12.8. The topological polar surface area (TPSA) is 108 Å². The minimum atomic E-state index is -0.860. The van der Waals surface area contributed by atoms with Crippen LogP contribution in [0.2, 0.25) is 5.02 Å². The molecule has 2 aromatic carbocycles. The smallest absolute Gasteiger partial charge is 0.366 e. The molecule has 0 spiro atoms. The lowest BCUT2D eigenvalue weighted by Crippen LogP contribution is -2.16. The van der Waals surface area contributed by atoms with E-state index in [4.69, 9.17) is 22.2 Å². The second-order valence-electron chi connectivity index (χ2n) is 4.55.